The van der Waals surface area contributed by atoms with Crippen molar-refractivity contribution in [1.82, 2.24) is 0 Å². The van der Waals surface area contributed by atoms with E-state index in [9.17, 15) is 18.0 Å². The van der Waals surface area contributed by atoms with Gasteiger partial charge in [-0.2, -0.15) is 0 Å². The van der Waals surface area contributed by atoms with Crippen LogP contribution in [-0.2, 0) is 0 Å². The van der Waals surface area contributed by atoms with Crippen LogP contribution in [0, 0.1) is 17.5 Å². The number of carbonyl (C=O) groups is 1. The molecule has 0 aliphatic carbocycles. The Hall–Kier alpha value is -2.30. The highest BCUT2D eigenvalue weighted by atomic mass is 19.2. The van der Waals surface area contributed by atoms with E-state index in [-0.39, 0.29) is 5.75 Å². The van der Waals surface area contributed by atoms with E-state index in [2.05, 4.69) is 0 Å². The minimum Gasteiger partial charge on any atom is -0.423 e. The summed E-state index contributed by atoms with van der Waals surface area (Å²) in [5, 5.41) is 0. The van der Waals surface area contributed by atoms with Gasteiger partial charge in [-0.15, -0.1) is 0 Å². The molecule has 0 aromatic heterocycles. The predicted octanol–water partition coefficient (Wildman–Crippen LogP) is 4.45. The van der Waals surface area contributed by atoms with Gasteiger partial charge >= 0.3 is 5.97 Å². The second-order valence-electron chi connectivity index (χ2n) is 4.84. The van der Waals surface area contributed by atoms with Gasteiger partial charge in [0.2, 0.25) is 0 Å². The summed E-state index contributed by atoms with van der Waals surface area (Å²) in [7, 11) is 0. The first-order chi connectivity index (χ1) is 9.90. The summed E-state index contributed by atoms with van der Waals surface area (Å²) in [5.41, 5.74) is 0.399. The quantitative estimate of drug-likeness (QED) is 0.475. The van der Waals surface area contributed by atoms with Gasteiger partial charge in [0, 0.05) is 0 Å². The molecule has 2 aromatic carbocycles. The molecule has 0 spiro atoms. The van der Waals surface area contributed by atoms with Crippen LogP contribution in [0.25, 0.3) is 0 Å². The monoisotopic (exact) mass is 294 g/mol. The summed E-state index contributed by atoms with van der Waals surface area (Å²) in [5.74, 6) is -5.17. The van der Waals surface area contributed by atoms with Crippen molar-refractivity contribution in [3.8, 4) is 5.75 Å². The molecule has 21 heavy (non-hydrogen) atoms. The number of esters is 1. The third kappa shape index (κ3) is 3.24. The fourth-order valence-corrected chi connectivity index (χ4v) is 1.77. The topological polar surface area (TPSA) is 26.3 Å². The number of hydrogen-bond acceptors (Lipinski definition) is 2. The van der Waals surface area contributed by atoms with Gasteiger partial charge in [0.25, 0.3) is 0 Å². The van der Waals surface area contributed by atoms with Gasteiger partial charge in [-0.3, -0.25) is 0 Å². The molecule has 0 N–H and O–H groups in total. The molecule has 2 nitrogen and oxygen atoms in total. The lowest BCUT2D eigenvalue weighted by atomic mass is 10.0. The molecule has 5 heteroatoms. The fourth-order valence-electron chi connectivity index (χ4n) is 1.77. The normalized spacial score (nSPS) is 10.8. The number of ether oxygens (including phenoxy) is 1. The minimum atomic E-state index is -1.69. The van der Waals surface area contributed by atoms with Gasteiger partial charge in [-0.25, -0.2) is 18.0 Å². The molecule has 110 valence electrons. The SMILES string of the molecule is CC(C)c1ccc(OC(=O)c2ccc(F)c(F)c2F)cc1. The van der Waals surface area contributed by atoms with Crippen LogP contribution >= 0.6 is 0 Å². The Morgan fingerprint density at radius 2 is 1.57 bits per heavy atom. The van der Waals surface area contributed by atoms with Crippen molar-refractivity contribution >= 4 is 5.97 Å². The molecule has 0 atom stereocenters. The van der Waals surface area contributed by atoms with E-state index in [1.165, 1.54) is 0 Å². The van der Waals surface area contributed by atoms with Crippen molar-refractivity contribution in [3.63, 3.8) is 0 Å². The summed E-state index contributed by atoms with van der Waals surface area (Å²) < 4.78 is 44.3. The average Bonchev–Trinajstić information content (AvgIpc) is 2.45. The maximum atomic E-state index is 13.5. The second kappa shape index (κ2) is 5.99. The van der Waals surface area contributed by atoms with E-state index in [1.54, 1.807) is 24.3 Å². The maximum Gasteiger partial charge on any atom is 0.346 e. The lowest BCUT2D eigenvalue weighted by Gasteiger charge is -2.08. The molecule has 0 heterocycles. The van der Waals surface area contributed by atoms with Crippen molar-refractivity contribution in [2.75, 3.05) is 0 Å². The highest BCUT2D eigenvalue weighted by Gasteiger charge is 2.20. The van der Waals surface area contributed by atoms with E-state index >= 15 is 0 Å². The van der Waals surface area contributed by atoms with E-state index < -0.39 is 29.0 Å². The molecular formula is C16H13F3O2. The zero-order valence-corrected chi connectivity index (χ0v) is 11.5. The summed E-state index contributed by atoms with van der Waals surface area (Å²) in [6, 6.07) is 8.19. The zero-order valence-electron chi connectivity index (χ0n) is 11.5. The second-order valence-corrected chi connectivity index (χ2v) is 4.84. The molecule has 0 saturated carbocycles. The molecule has 0 fully saturated rings. The number of halogens is 3. The Balaban J connectivity index is 2.20. The van der Waals surface area contributed by atoms with Crippen LogP contribution in [0.5, 0.6) is 5.75 Å². The van der Waals surface area contributed by atoms with Gasteiger partial charge < -0.3 is 4.74 Å². The first-order valence-electron chi connectivity index (χ1n) is 6.35. The standard InChI is InChI=1S/C16H13F3O2/c1-9(2)10-3-5-11(6-4-10)21-16(20)12-7-8-13(17)15(19)14(12)18/h3-9H,1-2H3. The van der Waals surface area contributed by atoms with Gasteiger partial charge in [0.1, 0.15) is 5.75 Å². The average molecular weight is 294 g/mol. The zero-order chi connectivity index (χ0) is 15.6. The number of benzene rings is 2. The predicted molar refractivity (Wildman–Crippen MR) is 71.8 cm³/mol. The summed E-state index contributed by atoms with van der Waals surface area (Å²) in [6.07, 6.45) is 0. The first-order valence-corrected chi connectivity index (χ1v) is 6.35. The number of rotatable bonds is 3. The molecule has 2 aromatic rings. The Bertz CT molecular complexity index is 664. The molecule has 0 saturated heterocycles. The van der Waals surface area contributed by atoms with Crippen LogP contribution in [0.3, 0.4) is 0 Å². The number of carbonyl (C=O) groups excluding carboxylic acids is 1. The van der Waals surface area contributed by atoms with Crippen LogP contribution < -0.4 is 4.74 Å². The molecule has 0 aliphatic rings. The van der Waals surface area contributed by atoms with Gasteiger partial charge in [-0.1, -0.05) is 26.0 Å². The van der Waals surface area contributed by atoms with Crippen molar-refractivity contribution in [2.45, 2.75) is 19.8 Å². The van der Waals surface area contributed by atoms with Crippen LogP contribution in [0.15, 0.2) is 36.4 Å². The molecular weight excluding hydrogens is 281 g/mol. The molecule has 0 radical (unpaired) electrons. The van der Waals surface area contributed by atoms with E-state index in [0.717, 1.165) is 11.6 Å². The molecule has 0 unspecified atom stereocenters. The van der Waals surface area contributed by atoms with Gasteiger partial charge in [-0.05, 0) is 35.7 Å². The van der Waals surface area contributed by atoms with Crippen molar-refractivity contribution in [1.29, 1.82) is 0 Å². The largest absolute Gasteiger partial charge is 0.423 e. The Morgan fingerprint density at radius 3 is 2.14 bits per heavy atom. The van der Waals surface area contributed by atoms with Crippen LogP contribution in [0.1, 0.15) is 35.7 Å². The smallest absolute Gasteiger partial charge is 0.346 e. The van der Waals surface area contributed by atoms with Crippen molar-refractivity contribution in [2.24, 2.45) is 0 Å². The highest BCUT2D eigenvalue weighted by molar-refractivity contribution is 5.91. The highest BCUT2D eigenvalue weighted by Crippen LogP contribution is 2.21. The van der Waals surface area contributed by atoms with Crippen molar-refractivity contribution in [3.05, 3.63) is 65.0 Å². The third-order valence-corrected chi connectivity index (χ3v) is 3.01. The third-order valence-electron chi connectivity index (χ3n) is 3.01. The maximum absolute atomic E-state index is 13.5. The molecule has 0 amide bonds. The minimum absolute atomic E-state index is 0.202. The Labute approximate surface area is 120 Å². The van der Waals surface area contributed by atoms with Gasteiger partial charge in [0.05, 0.1) is 5.56 Å². The van der Waals surface area contributed by atoms with Crippen LogP contribution in [-0.4, -0.2) is 5.97 Å². The lowest BCUT2D eigenvalue weighted by Crippen LogP contribution is -2.12. The molecule has 2 rings (SSSR count). The molecule has 0 aliphatic heterocycles. The number of hydrogen-bond donors (Lipinski definition) is 0. The van der Waals surface area contributed by atoms with E-state index in [0.29, 0.717) is 12.0 Å². The summed E-state index contributed by atoms with van der Waals surface area (Å²) in [6.45, 7) is 4.02. The van der Waals surface area contributed by atoms with E-state index in [4.69, 9.17) is 4.74 Å². The summed E-state index contributed by atoms with van der Waals surface area (Å²) in [4.78, 5) is 11.8. The summed E-state index contributed by atoms with van der Waals surface area (Å²) >= 11 is 0. The Kier molecular flexibility index (Phi) is 4.31. The Morgan fingerprint density at radius 1 is 0.952 bits per heavy atom. The van der Waals surface area contributed by atoms with Crippen LogP contribution in [0.4, 0.5) is 13.2 Å². The lowest BCUT2D eigenvalue weighted by molar-refractivity contribution is 0.0728. The first kappa shape index (κ1) is 15.1. The fraction of sp³-hybridized carbons (Fsp3) is 0.188. The van der Waals surface area contributed by atoms with Crippen LogP contribution in [0.2, 0.25) is 0 Å². The van der Waals surface area contributed by atoms with Gasteiger partial charge in [0.15, 0.2) is 17.5 Å². The van der Waals surface area contributed by atoms with Crippen molar-refractivity contribution < 1.29 is 22.7 Å². The van der Waals surface area contributed by atoms with E-state index in [1.807, 2.05) is 13.8 Å². The molecule has 0 bridgehead atoms.